The maximum atomic E-state index is 12.2. The normalized spacial score (nSPS) is 27.4. The minimum Gasteiger partial charge on any atom is -0.477 e. The quantitative estimate of drug-likeness (QED) is 0.436. The Bertz CT molecular complexity index is 602. The molecule has 0 unspecified atom stereocenters. The summed E-state index contributed by atoms with van der Waals surface area (Å²) in [5.41, 5.74) is -0.0104. The van der Waals surface area contributed by atoms with Crippen LogP contribution in [0.25, 0.3) is 0 Å². The smallest absolute Gasteiger partial charge is 0.353 e. The zero-order valence-corrected chi connectivity index (χ0v) is 14.9. The van der Waals surface area contributed by atoms with Crippen LogP contribution in [0, 0.1) is 11.8 Å². The number of thiocarbonyl (C=S) groups is 1. The number of thioether (sulfide) groups is 1. The molecule has 0 radical (unpaired) electrons. The van der Waals surface area contributed by atoms with E-state index in [1.54, 1.807) is 24.9 Å². The third-order valence-corrected chi connectivity index (χ3v) is 6.06. The van der Waals surface area contributed by atoms with Gasteiger partial charge in [0, 0.05) is 24.4 Å². The highest BCUT2D eigenvalue weighted by Gasteiger charge is 2.60. The molecule has 0 aliphatic carbocycles. The standard InChI is InChI=1S/C15H20N2O4S2/c1-5-6-16(4)15(22)23-12-7(2)10-9(8(3)18)13(19)17(10)11(12)14(20)21/h5,7-10,18H,1,6H2,2-4H3,(H,20,21)/t7-,8-,9-,10-/m1/s1. The molecule has 2 aliphatic rings. The van der Waals surface area contributed by atoms with Gasteiger partial charge in [0.05, 0.1) is 18.1 Å². The van der Waals surface area contributed by atoms with Gasteiger partial charge in [0.25, 0.3) is 0 Å². The lowest BCUT2D eigenvalue weighted by molar-refractivity contribution is -0.163. The number of nitrogens with zero attached hydrogens (tertiary/aromatic N) is 2. The summed E-state index contributed by atoms with van der Waals surface area (Å²) in [6.07, 6.45) is 0.901. The molecule has 4 atom stereocenters. The maximum absolute atomic E-state index is 12.2. The highest BCUT2D eigenvalue weighted by atomic mass is 32.2. The molecule has 6 nitrogen and oxygen atoms in total. The van der Waals surface area contributed by atoms with Crippen molar-refractivity contribution in [3.8, 4) is 0 Å². The summed E-state index contributed by atoms with van der Waals surface area (Å²) in [6, 6.07) is -0.316. The maximum Gasteiger partial charge on any atom is 0.353 e. The van der Waals surface area contributed by atoms with E-state index in [-0.39, 0.29) is 23.6 Å². The number of carbonyl (C=O) groups is 2. The average molecular weight is 356 g/mol. The molecule has 2 rings (SSSR count). The Morgan fingerprint density at radius 3 is 2.70 bits per heavy atom. The molecule has 1 saturated heterocycles. The molecule has 8 heteroatoms. The van der Waals surface area contributed by atoms with Crippen molar-refractivity contribution in [1.82, 2.24) is 9.80 Å². The number of aliphatic carboxylic acids is 1. The largest absolute Gasteiger partial charge is 0.477 e. The first-order valence-electron chi connectivity index (χ1n) is 7.24. The molecule has 0 aromatic rings. The van der Waals surface area contributed by atoms with Gasteiger partial charge in [0.15, 0.2) is 0 Å². The fourth-order valence-corrected chi connectivity index (χ4v) is 4.47. The van der Waals surface area contributed by atoms with Crippen molar-refractivity contribution in [3.63, 3.8) is 0 Å². The van der Waals surface area contributed by atoms with Crippen LogP contribution in [-0.2, 0) is 9.59 Å². The SMILES string of the molecule is C=CCN(C)C(=S)SC1=C(C(=O)O)N2C(=O)[C@H]([C@@H](C)O)[C@H]2[C@H]1C. The Balaban J connectivity index is 2.30. The average Bonchev–Trinajstić information content (AvgIpc) is 2.69. The lowest BCUT2D eigenvalue weighted by Crippen LogP contribution is -2.63. The lowest BCUT2D eigenvalue weighted by atomic mass is 9.79. The first kappa shape index (κ1) is 18.0. The van der Waals surface area contributed by atoms with E-state index in [1.165, 1.54) is 16.7 Å². The number of aliphatic hydroxyl groups excluding tert-OH is 1. The zero-order chi connectivity index (χ0) is 17.5. The molecule has 2 aliphatic heterocycles. The van der Waals surface area contributed by atoms with Crippen molar-refractivity contribution in [2.75, 3.05) is 13.6 Å². The van der Waals surface area contributed by atoms with Crippen LogP contribution in [0.15, 0.2) is 23.3 Å². The van der Waals surface area contributed by atoms with Crippen LogP contribution in [0.1, 0.15) is 13.8 Å². The predicted molar refractivity (Wildman–Crippen MR) is 92.6 cm³/mol. The van der Waals surface area contributed by atoms with Crippen LogP contribution < -0.4 is 0 Å². The molecule has 0 aromatic heterocycles. The Labute approximate surface area is 144 Å². The summed E-state index contributed by atoms with van der Waals surface area (Å²) in [4.78, 5) is 27.5. The van der Waals surface area contributed by atoms with Crippen molar-refractivity contribution in [2.24, 2.45) is 11.8 Å². The van der Waals surface area contributed by atoms with Crippen LogP contribution in [0.2, 0.25) is 0 Å². The lowest BCUT2D eigenvalue weighted by Gasteiger charge is -2.46. The Morgan fingerprint density at radius 2 is 2.22 bits per heavy atom. The van der Waals surface area contributed by atoms with Crippen LogP contribution in [0.4, 0.5) is 0 Å². The Morgan fingerprint density at radius 1 is 1.61 bits per heavy atom. The number of carbonyl (C=O) groups excluding carboxylic acids is 1. The Hall–Kier alpha value is -1.38. The second-order valence-corrected chi connectivity index (χ2v) is 7.48. The first-order chi connectivity index (χ1) is 10.7. The van der Waals surface area contributed by atoms with Gasteiger partial charge < -0.3 is 20.0 Å². The van der Waals surface area contributed by atoms with Crippen molar-refractivity contribution < 1.29 is 19.8 Å². The van der Waals surface area contributed by atoms with Gasteiger partial charge in [-0.05, 0) is 6.92 Å². The molecule has 1 fully saturated rings. The van der Waals surface area contributed by atoms with Crippen molar-refractivity contribution in [3.05, 3.63) is 23.3 Å². The van der Waals surface area contributed by atoms with E-state index in [1.807, 2.05) is 6.92 Å². The molecule has 0 bridgehead atoms. The van der Waals surface area contributed by atoms with Gasteiger partial charge in [0.2, 0.25) is 5.91 Å². The number of amides is 1. The topological polar surface area (TPSA) is 81.1 Å². The third kappa shape index (κ3) is 2.90. The van der Waals surface area contributed by atoms with Crippen LogP contribution in [0.3, 0.4) is 0 Å². The van der Waals surface area contributed by atoms with E-state index in [0.717, 1.165) is 0 Å². The van der Waals surface area contributed by atoms with Crippen LogP contribution in [0.5, 0.6) is 0 Å². The van der Waals surface area contributed by atoms with Gasteiger partial charge in [-0.25, -0.2) is 4.79 Å². The summed E-state index contributed by atoms with van der Waals surface area (Å²) < 4.78 is 0.522. The van der Waals surface area contributed by atoms with Crippen molar-refractivity contribution in [1.29, 1.82) is 0 Å². The van der Waals surface area contributed by atoms with E-state index >= 15 is 0 Å². The van der Waals surface area contributed by atoms with E-state index in [0.29, 0.717) is 15.8 Å². The molecule has 1 amide bonds. The highest BCUT2D eigenvalue weighted by Crippen LogP contribution is 2.50. The number of carboxylic acid groups (broad SMARTS) is 1. The van der Waals surface area contributed by atoms with Gasteiger partial charge in [0.1, 0.15) is 10.0 Å². The molecule has 2 N–H and O–H groups in total. The van der Waals surface area contributed by atoms with E-state index in [2.05, 4.69) is 6.58 Å². The first-order valence-corrected chi connectivity index (χ1v) is 8.47. The number of likely N-dealkylation sites (N-methyl/N-ethyl adjacent to an activating group) is 1. The van der Waals surface area contributed by atoms with E-state index in [4.69, 9.17) is 12.2 Å². The number of aliphatic hydroxyl groups is 1. The number of fused-ring (bicyclic) bond motifs is 1. The van der Waals surface area contributed by atoms with Gasteiger partial charge in [-0.3, -0.25) is 4.79 Å². The predicted octanol–water partition coefficient (Wildman–Crippen LogP) is 1.28. The van der Waals surface area contributed by atoms with Gasteiger partial charge >= 0.3 is 5.97 Å². The summed E-state index contributed by atoms with van der Waals surface area (Å²) in [5, 5.41) is 19.3. The summed E-state index contributed by atoms with van der Waals surface area (Å²) >= 11 is 6.54. The second kappa shape index (κ2) is 6.62. The van der Waals surface area contributed by atoms with Gasteiger partial charge in [-0.2, -0.15) is 0 Å². The monoisotopic (exact) mass is 356 g/mol. The fraction of sp³-hybridized carbons (Fsp3) is 0.533. The van der Waals surface area contributed by atoms with Crippen LogP contribution in [-0.4, -0.2) is 61.9 Å². The van der Waals surface area contributed by atoms with E-state index < -0.39 is 18.0 Å². The summed E-state index contributed by atoms with van der Waals surface area (Å²) in [7, 11) is 1.80. The minimum atomic E-state index is -1.14. The summed E-state index contributed by atoms with van der Waals surface area (Å²) in [6.45, 7) is 7.63. The number of hydrogen-bond acceptors (Lipinski definition) is 5. The van der Waals surface area contributed by atoms with E-state index in [9.17, 15) is 19.8 Å². The van der Waals surface area contributed by atoms with Crippen molar-refractivity contribution >= 4 is 40.2 Å². The molecule has 0 aromatic carbocycles. The molecular weight excluding hydrogens is 336 g/mol. The number of carboxylic acids is 1. The molecular formula is C15H20N2O4S2. The molecule has 0 saturated carbocycles. The molecule has 2 heterocycles. The Kier molecular flexibility index (Phi) is 5.17. The van der Waals surface area contributed by atoms with Crippen LogP contribution >= 0.6 is 24.0 Å². The van der Waals surface area contributed by atoms with Gasteiger partial charge in [-0.15, -0.1) is 6.58 Å². The molecule has 23 heavy (non-hydrogen) atoms. The number of rotatable bonds is 5. The van der Waals surface area contributed by atoms with Gasteiger partial charge in [-0.1, -0.05) is 37.0 Å². The zero-order valence-electron chi connectivity index (χ0n) is 13.2. The highest BCUT2D eigenvalue weighted by molar-refractivity contribution is 8.25. The fourth-order valence-electron chi connectivity index (χ4n) is 3.10. The molecule has 0 spiro atoms. The summed E-state index contributed by atoms with van der Waals surface area (Å²) in [5.74, 6) is -2.22. The number of β-lactam (4-membered cyclic amide) rings is 1. The van der Waals surface area contributed by atoms with Crippen molar-refractivity contribution in [2.45, 2.75) is 26.0 Å². The third-order valence-electron chi connectivity index (χ3n) is 4.22. The number of hydrogen-bond donors (Lipinski definition) is 2. The second-order valence-electron chi connectivity index (χ2n) is 5.81. The molecule has 126 valence electrons. The minimum absolute atomic E-state index is 0.0104.